The molecule has 0 unspecified atom stereocenters. The molecule has 0 saturated carbocycles. The summed E-state index contributed by atoms with van der Waals surface area (Å²) in [6.07, 6.45) is 4.43. The quantitative estimate of drug-likeness (QED) is 0.725. The van der Waals surface area contributed by atoms with Crippen LogP contribution < -0.4 is 5.32 Å². The van der Waals surface area contributed by atoms with Crippen molar-refractivity contribution in [2.75, 3.05) is 0 Å². The van der Waals surface area contributed by atoms with Crippen LogP contribution >= 0.6 is 0 Å². The number of aromatic amines is 1. The van der Waals surface area contributed by atoms with Crippen molar-refractivity contribution >= 4 is 11.9 Å². The first-order chi connectivity index (χ1) is 8.68. The minimum absolute atomic E-state index is 0.107. The fraction of sp³-hybridized carbons (Fsp3) is 0.0909. The number of imidazole rings is 1. The van der Waals surface area contributed by atoms with E-state index in [0.717, 1.165) is 5.69 Å². The van der Waals surface area contributed by atoms with E-state index in [1.807, 2.05) is 0 Å². The van der Waals surface area contributed by atoms with Gasteiger partial charge in [0.25, 0.3) is 5.91 Å². The molecule has 1 amide bonds. The molecule has 92 valence electrons. The zero-order valence-corrected chi connectivity index (χ0v) is 9.25. The molecule has 2 aromatic heterocycles. The maximum atomic E-state index is 11.8. The van der Waals surface area contributed by atoms with Gasteiger partial charge in [-0.25, -0.2) is 9.78 Å². The summed E-state index contributed by atoms with van der Waals surface area (Å²) in [7, 11) is 0. The van der Waals surface area contributed by atoms with Crippen LogP contribution in [-0.2, 0) is 6.54 Å². The van der Waals surface area contributed by atoms with Gasteiger partial charge in [-0.1, -0.05) is 0 Å². The lowest BCUT2D eigenvalue weighted by atomic mass is 10.2. The van der Waals surface area contributed by atoms with Crippen LogP contribution in [0.15, 0.2) is 30.9 Å². The highest BCUT2D eigenvalue weighted by Crippen LogP contribution is 2.05. The summed E-state index contributed by atoms with van der Waals surface area (Å²) in [6, 6.07) is 2.80. The summed E-state index contributed by atoms with van der Waals surface area (Å²) in [4.78, 5) is 33.1. The Morgan fingerprint density at radius 1 is 1.44 bits per heavy atom. The van der Waals surface area contributed by atoms with Crippen LogP contribution in [0, 0.1) is 0 Å². The van der Waals surface area contributed by atoms with E-state index in [2.05, 4.69) is 20.3 Å². The normalized spacial score (nSPS) is 10.0. The minimum atomic E-state index is -1.19. The summed E-state index contributed by atoms with van der Waals surface area (Å²) in [6.45, 7) is 0.231. The molecule has 7 nitrogen and oxygen atoms in total. The number of carboxylic acids is 1. The SMILES string of the molecule is O=C(O)c1cccnc1C(=O)NCc1cnc[nH]1. The second kappa shape index (κ2) is 5.09. The van der Waals surface area contributed by atoms with Gasteiger partial charge < -0.3 is 15.4 Å². The number of carboxylic acid groups (broad SMARTS) is 1. The summed E-state index contributed by atoms with van der Waals surface area (Å²) in [5.41, 5.74) is 0.486. The van der Waals surface area contributed by atoms with Crippen molar-refractivity contribution in [1.82, 2.24) is 20.3 Å². The van der Waals surface area contributed by atoms with E-state index in [0.29, 0.717) is 0 Å². The molecular weight excluding hydrogens is 236 g/mol. The van der Waals surface area contributed by atoms with Crippen molar-refractivity contribution in [2.45, 2.75) is 6.54 Å². The largest absolute Gasteiger partial charge is 0.478 e. The van der Waals surface area contributed by atoms with Crippen molar-refractivity contribution in [3.63, 3.8) is 0 Å². The molecule has 0 atom stereocenters. The molecule has 0 aliphatic carbocycles. The topological polar surface area (TPSA) is 108 Å². The number of rotatable bonds is 4. The van der Waals surface area contributed by atoms with Crippen molar-refractivity contribution < 1.29 is 14.7 Å². The molecule has 0 aromatic carbocycles. The maximum absolute atomic E-state index is 11.8. The van der Waals surface area contributed by atoms with Gasteiger partial charge in [0, 0.05) is 12.4 Å². The molecule has 18 heavy (non-hydrogen) atoms. The lowest BCUT2D eigenvalue weighted by Gasteiger charge is -2.05. The molecule has 0 aliphatic heterocycles. The Morgan fingerprint density at radius 3 is 2.94 bits per heavy atom. The number of nitrogens with one attached hydrogen (secondary N) is 2. The lowest BCUT2D eigenvalue weighted by Crippen LogP contribution is -2.26. The molecule has 0 spiro atoms. The highest BCUT2D eigenvalue weighted by atomic mass is 16.4. The van der Waals surface area contributed by atoms with Gasteiger partial charge in [-0.3, -0.25) is 9.78 Å². The van der Waals surface area contributed by atoms with E-state index >= 15 is 0 Å². The van der Waals surface area contributed by atoms with E-state index in [1.54, 1.807) is 6.20 Å². The van der Waals surface area contributed by atoms with Crippen molar-refractivity contribution in [3.8, 4) is 0 Å². The number of nitrogens with zero attached hydrogens (tertiary/aromatic N) is 2. The van der Waals surface area contributed by atoms with E-state index in [4.69, 9.17) is 5.11 Å². The number of hydrogen-bond acceptors (Lipinski definition) is 4. The summed E-state index contributed by atoms with van der Waals surface area (Å²) < 4.78 is 0. The molecule has 0 radical (unpaired) electrons. The monoisotopic (exact) mass is 246 g/mol. The van der Waals surface area contributed by atoms with Crippen LogP contribution in [0.3, 0.4) is 0 Å². The van der Waals surface area contributed by atoms with Crippen LogP contribution in [-0.4, -0.2) is 31.9 Å². The van der Waals surface area contributed by atoms with Crippen molar-refractivity contribution in [2.24, 2.45) is 0 Å². The molecule has 0 saturated heterocycles. The van der Waals surface area contributed by atoms with Gasteiger partial charge in [0.2, 0.25) is 0 Å². The Hall–Kier alpha value is -2.70. The van der Waals surface area contributed by atoms with E-state index in [9.17, 15) is 9.59 Å². The van der Waals surface area contributed by atoms with Gasteiger partial charge in [0.15, 0.2) is 0 Å². The first-order valence-corrected chi connectivity index (χ1v) is 5.12. The lowest BCUT2D eigenvalue weighted by molar-refractivity contribution is 0.0690. The van der Waals surface area contributed by atoms with Crippen molar-refractivity contribution in [3.05, 3.63) is 47.8 Å². The van der Waals surface area contributed by atoms with Gasteiger partial charge in [-0.2, -0.15) is 0 Å². The zero-order valence-electron chi connectivity index (χ0n) is 9.25. The highest BCUT2D eigenvalue weighted by molar-refractivity contribution is 6.03. The number of amides is 1. The number of aromatic nitrogens is 3. The third kappa shape index (κ3) is 2.51. The fourth-order valence-electron chi connectivity index (χ4n) is 1.40. The molecule has 2 heterocycles. The molecule has 2 aromatic rings. The summed E-state index contributed by atoms with van der Waals surface area (Å²) in [5, 5.41) is 11.5. The van der Waals surface area contributed by atoms with Gasteiger partial charge >= 0.3 is 5.97 Å². The van der Waals surface area contributed by atoms with Crippen LogP contribution in [0.5, 0.6) is 0 Å². The predicted molar refractivity (Wildman–Crippen MR) is 61.0 cm³/mol. The Morgan fingerprint density at radius 2 is 2.28 bits per heavy atom. The number of hydrogen-bond donors (Lipinski definition) is 3. The van der Waals surface area contributed by atoms with Crippen LogP contribution in [0.4, 0.5) is 0 Å². The van der Waals surface area contributed by atoms with Crippen molar-refractivity contribution in [1.29, 1.82) is 0 Å². The minimum Gasteiger partial charge on any atom is -0.478 e. The summed E-state index contributed by atoms with van der Waals surface area (Å²) in [5.74, 6) is -1.72. The molecule has 0 aliphatic rings. The third-order valence-electron chi connectivity index (χ3n) is 2.25. The third-order valence-corrected chi connectivity index (χ3v) is 2.25. The molecule has 3 N–H and O–H groups in total. The van der Waals surface area contributed by atoms with Gasteiger partial charge in [-0.05, 0) is 12.1 Å². The second-order valence-electron chi connectivity index (χ2n) is 3.46. The number of pyridine rings is 1. The average Bonchev–Trinajstić information content (AvgIpc) is 2.89. The predicted octanol–water partition coefficient (Wildman–Crippen LogP) is 0.433. The van der Waals surface area contributed by atoms with Crippen LogP contribution in [0.2, 0.25) is 0 Å². The highest BCUT2D eigenvalue weighted by Gasteiger charge is 2.17. The second-order valence-corrected chi connectivity index (χ2v) is 3.46. The smallest absolute Gasteiger partial charge is 0.338 e. The number of aromatic carboxylic acids is 1. The maximum Gasteiger partial charge on any atom is 0.338 e. The Bertz CT molecular complexity index is 565. The number of carbonyl (C=O) groups is 2. The number of carbonyl (C=O) groups excluding carboxylic acids is 1. The first kappa shape index (κ1) is 11.8. The average molecular weight is 246 g/mol. The molecule has 2 rings (SSSR count). The zero-order chi connectivity index (χ0) is 13.0. The van der Waals surface area contributed by atoms with E-state index < -0.39 is 11.9 Å². The first-order valence-electron chi connectivity index (χ1n) is 5.12. The Labute approximate surface area is 102 Å². The number of H-pyrrole nitrogens is 1. The van der Waals surface area contributed by atoms with Crippen LogP contribution in [0.1, 0.15) is 26.5 Å². The molecule has 0 bridgehead atoms. The summed E-state index contributed by atoms with van der Waals surface area (Å²) >= 11 is 0. The Balaban J connectivity index is 2.11. The molecule has 7 heteroatoms. The van der Waals surface area contributed by atoms with E-state index in [1.165, 1.54) is 24.7 Å². The van der Waals surface area contributed by atoms with Gasteiger partial charge in [0.1, 0.15) is 5.69 Å². The molecular formula is C11H10N4O3. The standard InChI is InChI=1S/C11H10N4O3/c16-10(14-5-7-4-12-6-15-7)9-8(11(17)18)2-1-3-13-9/h1-4,6H,5H2,(H,12,15)(H,14,16)(H,17,18). The van der Waals surface area contributed by atoms with Gasteiger partial charge in [-0.15, -0.1) is 0 Å². The fourth-order valence-corrected chi connectivity index (χ4v) is 1.40. The van der Waals surface area contributed by atoms with Crippen LogP contribution in [0.25, 0.3) is 0 Å². The van der Waals surface area contributed by atoms with Gasteiger partial charge in [0.05, 0.1) is 24.1 Å². The molecule has 0 fully saturated rings. The Kier molecular flexibility index (Phi) is 3.33. The van der Waals surface area contributed by atoms with E-state index in [-0.39, 0.29) is 17.8 Å².